The minimum atomic E-state index is -0.584. The largest absolute Gasteiger partial charge is 0.295 e. The molecule has 1 aliphatic heterocycles. The average molecular weight is 144 g/mol. The van der Waals surface area contributed by atoms with E-state index in [4.69, 9.17) is 0 Å². The van der Waals surface area contributed by atoms with Crippen molar-refractivity contribution in [3.8, 4) is 0 Å². The van der Waals surface area contributed by atoms with Crippen LogP contribution in [0.5, 0.6) is 0 Å². The molecule has 1 rings (SSSR count). The van der Waals surface area contributed by atoms with Crippen molar-refractivity contribution in [1.82, 2.24) is 4.90 Å². The summed E-state index contributed by atoms with van der Waals surface area (Å²) in [4.78, 5) is 2.19. The molecule has 0 aromatic rings. The Hall–Kier alpha value is -0.110. The van der Waals surface area contributed by atoms with Crippen molar-refractivity contribution >= 4 is 0 Å². The van der Waals surface area contributed by atoms with Crippen molar-refractivity contribution in [3.05, 3.63) is 0 Å². The standard InChI is InChI=1S/C8H16FN/c1-8(2,3)10-5-4-7(9)6-10/h7H,4-6H2,1-3H3/i9-1. The molecule has 2 heteroatoms. The summed E-state index contributed by atoms with van der Waals surface area (Å²) in [6.07, 6.45) is 0.135. The lowest BCUT2D eigenvalue weighted by atomic mass is 10.1. The summed E-state index contributed by atoms with van der Waals surface area (Å²) in [5.41, 5.74) is 0.154. The van der Waals surface area contributed by atoms with E-state index in [1.165, 1.54) is 0 Å². The molecule has 1 unspecified atom stereocenters. The Labute approximate surface area is 62.2 Å². The fourth-order valence-corrected chi connectivity index (χ4v) is 1.33. The van der Waals surface area contributed by atoms with Crippen LogP contribution in [0.1, 0.15) is 27.2 Å². The van der Waals surface area contributed by atoms with E-state index in [0.717, 1.165) is 13.0 Å². The summed E-state index contributed by atoms with van der Waals surface area (Å²) >= 11 is 0. The number of likely N-dealkylation sites (tertiary alicyclic amines) is 1. The van der Waals surface area contributed by atoms with Crippen LogP contribution in [0.3, 0.4) is 0 Å². The maximum atomic E-state index is 12.7. The molecule has 0 saturated carbocycles. The van der Waals surface area contributed by atoms with Gasteiger partial charge >= 0.3 is 0 Å². The van der Waals surface area contributed by atoms with Gasteiger partial charge in [-0.1, -0.05) is 0 Å². The highest BCUT2D eigenvalue weighted by Crippen LogP contribution is 2.21. The van der Waals surface area contributed by atoms with Gasteiger partial charge in [0.1, 0.15) is 6.17 Å². The van der Waals surface area contributed by atoms with Crippen molar-refractivity contribution < 1.29 is 4.39 Å². The van der Waals surface area contributed by atoms with Crippen molar-refractivity contribution in [2.75, 3.05) is 13.1 Å². The first-order valence-corrected chi connectivity index (χ1v) is 3.89. The molecule has 1 atom stereocenters. The van der Waals surface area contributed by atoms with Crippen molar-refractivity contribution in [2.45, 2.75) is 38.9 Å². The van der Waals surface area contributed by atoms with E-state index in [0.29, 0.717) is 6.54 Å². The summed E-state index contributed by atoms with van der Waals surface area (Å²) < 4.78 is 12.7. The summed E-state index contributed by atoms with van der Waals surface area (Å²) in [7, 11) is 0. The first-order valence-electron chi connectivity index (χ1n) is 3.89. The van der Waals surface area contributed by atoms with E-state index in [1.54, 1.807) is 0 Å². The van der Waals surface area contributed by atoms with E-state index >= 15 is 0 Å². The number of hydrogen-bond acceptors (Lipinski definition) is 1. The molecule has 1 aliphatic rings. The third-order valence-corrected chi connectivity index (χ3v) is 2.08. The van der Waals surface area contributed by atoms with Crippen LogP contribution in [0.2, 0.25) is 0 Å². The van der Waals surface area contributed by atoms with Gasteiger partial charge in [0.2, 0.25) is 0 Å². The highest BCUT2D eigenvalue weighted by Gasteiger charge is 2.29. The molecule has 0 radical (unpaired) electrons. The molecule has 10 heavy (non-hydrogen) atoms. The second-order valence-electron chi connectivity index (χ2n) is 4.00. The van der Waals surface area contributed by atoms with Gasteiger partial charge in [0.25, 0.3) is 0 Å². The van der Waals surface area contributed by atoms with Crippen LogP contribution in [0.15, 0.2) is 0 Å². The van der Waals surface area contributed by atoms with Crippen LogP contribution in [-0.2, 0) is 0 Å². The third-order valence-electron chi connectivity index (χ3n) is 2.08. The Balaban J connectivity index is 2.45. The molecule has 60 valence electrons. The van der Waals surface area contributed by atoms with Crippen LogP contribution in [0, 0.1) is 0 Å². The van der Waals surface area contributed by atoms with E-state index in [1.807, 2.05) is 0 Å². The lowest BCUT2D eigenvalue weighted by Gasteiger charge is -2.30. The first-order chi connectivity index (χ1) is 4.50. The normalized spacial score (nSPS) is 29.4. The second kappa shape index (κ2) is 2.50. The molecule has 1 saturated heterocycles. The van der Waals surface area contributed by atoms with Gasteiger partial charge in [-0.15, -0.1) is 0 Å². The van der Waals surface area contributed by atoms with E-state index in [-0.39, 0.29) is 5.54 Å². The topological polar surface area (TPSA) is 3.24 Å². The van der Waals surface area contributed by atoms with Gasteiger partial charge in [0, 0.05) is 18.6 Å². The zero-order valence-electron chi connectivity index (χ0n) is 7.02. The zero-order chi connectivity index (χ0) is 7.78. The van der Waals surface area contributed by atoms with E-state index in [2.05, 4.69) is 25.7 Å². The predicted octanol–water partition coefficient (Wildman–Crippen LogP) is 1.83. The van der Waals surface area contributed by atoms with Gasteiger partial charge in [-0.2, -0.15) is 0 Å². The Morgan fingerprint density at radius 3 is 2.20 bits per heavy atom. The number of halogens is 1. The van der Waals surface area contributed by atoms with E-state index < -0.39 is 6.17 Å². The van der Waals surface area contributed by atoms with Crippen molar-refractivity contribution in [1.29, 1.82) is 0 Å². The minimum absolute atomic E-state index is 0.154. The smallest absolute Gasteiger partial charge is 0.114 e. The molecule has 0 aliphatic carbocycles. The van der Waals surface area contributed by atoms with Gasteiger partial charge in [-0.05, 0) is 27.2 Å². The predicted molar refractivity (Wildman–Crippen MR) is 40.8 cm³/mol. The van der Waals surface area contributed by atoms with Gasteiger partial charge in [0.05, 0.1) is 0 Å². The monoisotopic (exact) mass is 144 g/mol. The van der Waals surface area contributed by atoms with Crippen LogP contribution >= 0.6 is 0 Å². The minimum Gasteiger partial charge on any atom is -0.295 e. The van der Waals surface area contributed by atoms with E-state index in [9.17, 15) is 4.39 Å². The molecule has 0 aromatic carbocycles. The Morgan fingerprint density at radius 1 is 1.40 bits per heavy atom. The Kier molecular flexibility index (Phi) is 1.99. The maximum Gasteiger partial charge on any atom is 0.114 e. The molecule has 1 nitrogen and oxygen atoms in total. The van der Waals surface area contributed by atoms with Crippen LogP contribution in [-0.4, -0.2) is 29.7 Å². The third kappa shape index (κ3) is 1.69. The summed E-state index contributed by atoms with van der Waals surface area (Å²) in [6, 6.07) is 0. The molecule has 0 spiro atoms. The van der Waals surface area contributed by atoms with Crippen LogP contribution in [0.4, 0.5) is 4.39 Å². The molecule has 0 amide bonds. The summed E-state index contributed by atoms with van der Waals surface area (Å²) in [5.74, 6) is 0. The lowest BCUT2D eigenvalue weighted by Crippen LogP contribution is -2.39. The summed E-state index contributed by atoms with van der Waals surface area (Å²) in [6.45, 7) is 7.94. The second-order valence-corrected chi connectivity index (χ2v) is 4.00. The number of nitrogens with zero attached hydrogens (tertiary/aromatic N) is 1. The fourth-order valence-electron chi connectivity index (χ4n) is 1.33. The number of alkyl halides is 1. The van der Waals surface area contributed by atoms with Gasteiger partial charge < -0.3 is 0 Å². The number of rotatable bonds is 0. The first kappa shape index (κ1) is 7.99. The lowest BCUT2D eigenvalue weighted by molar-refractivity contribution is 0.161. The zero-order valence-corrected chi connectivity index (χ0v) is 7.02. The van der Waals surface area contributed by atoms with Crippen LogP contribution < -0.4 is 0 Å². The molecule has 0 bridgehead atoms. The van der Waals surface area contributed by atoms with Gasteiger partial charge in [-0.25, -0.2) is 4.39 Å². The molecule has 0 N–H and O–H groups in total. The molecule has 1 fully saturated rings. The van der Waals surface area contributed by atoms with Crippen molar-refractivity contribution in [2.24, 2.45) is 0 Å². The highest BCUT2D eigenvalue weighted by molar-refractivity contribution is 4.84. The molecule has 0 aromatic heterocycles. The highest BCUT2D eigenvalue weighted by atomic mass is 18.2. The summed E-state index contributed by atoms with van der Waals surface area (Å²) in [5, 5.41) is 0. The van der Waals surface area contributed by atoms with Crippen molar-refractivity contribution in [3.63, 3.8) is 0 Å². The van der Waals surface area contributed by atoms with Gasteiger partial charge in [-0.3, -0.25) is 4.90 Å². The van der Waals surface area contributed by atoms with Crippen LogP contribution in [0.25, 0.3) is 0 Å². The molecular weight excluding hydrogens is 128 g/mol. The fraction of sp³-hybridized carbons (Fsp3) is 1.00. The SMILES string of the molecule is CC(C)(C)N1CCC([18F])C1. The Bertz CT molecular complexity index is 117. The average Bonchev–Trinajstić information content (AvgIpc) is 2.11. The quantitative estimate of drug-likeness (QED) is 0.501. The van der Waals surface area contributed by atoms with Gasteiger partial charge in [0.15, 0.2) is 0 Å². The maximum absolute atomic E-state index is 12.7. The molecular formula is C8H16FN. The Morgan fingerprint density at radius 2 is 2.00 bits per heavy atom. The molecule has 1 heterocycles. The number of hydrogen-bond donors (Lipinski definition) is 0.